The predicted octanol–water partition coefficient (Wildman–Crippen LogP) is 5.01. The van der Waals surface area contributed by atoms with Crippen LogP contribution < -0.4 is 0 Å². The molecule has 0 heterocycles. The van der Waals surface area contributed by atoms with Crippen LogP contribution in [0.4, 0.5) is 0 Å². The molecule has 136 valence electrons. The van der Waals surface area contributed by atoms with E-state index in [-0.39, 0.29) is 12.8 Å². The number of carboxylic acids is 2. The lowest BCUT2D eigenvalue weighted by Crippen LogP contribution is -2.41. The van der Waals surface area contributed by atoms with Crippen LogP contribution in [-0.4, -0.2) is 22.2 Å². The molecule has 0 aromatic carbocycles. The fourth-order valence-corrected chi connectivity index (χ4v) is 5.98. The molecule has 4 heteroatoms. The van der Waals surface area contributed by atoms with Crippen LogP contribution in [0.25, 0.3) is 0 Å². The summed E-state index contributed by atoms with van der Waals surface area (Å²) >= 11 is 0. The van der Waals surface area contributed by atoms with Crippen LogP contribution in [0.1, 0.15) is 96.3 Å². The molecule has 0 aromatic rings. The first-order chi connectivity index (χ1) is 11.4. The minimum Gasteiger partial charge on any atom is -0.481 e. The van der Waals surface area contributed by atoms with Crippen molar-refractivity contribution in [2.45, 2.75) is 96.3 Å². The Labute approximate surface area is 145 Å². The Morgan fingerprint density at radius 1 is 0.583 bits per heavy atom. The van der Waals surface area contributed by atoms with Crippen molar-refractivity contribution in [3.05, 3.63) is 0 Å². The Balaban J connectivity index is 1.61. The highest BCUT2D eigenvalue weighted by molar-refractivity contribution is 5.72. The van der Waals surface area contributed by atoms with Gasteiger partial charge in [-0.15, -0.1) is 0 Å². The lowest BCUT2D eigenvalue weighted by atomic mass is 9.52. The van der Waals surface area contributed by atoms with Gasteiger partial charge in [-0.3, -0.25) is 9.59 Å². The first kappa shape index (κ1) is 17.8. The van der Waals surface area contributed by atoms with Gasteiger partial charge in [-0.05, 0) is 80.5 Å². The van der Waals surface area contributed by atoms with Crippen LogP contribution in [0.5, 0.6) is 0 Å². The maximum absolute atomic E-state index is 11.2. The summed E-state index contributed by atoms with van der Waals surface area (Å²) in [7, 11) is 0. The maximum Gasteiger partial charge on any atom is 0.303 e. The fraction of sp³-hybridized carbons (Fsp3) is 0.900. The lowest BCUT2D eigenvalue weighted by molar-refractivity contribution is -0.146. The summed E-state index contributed by atoms with van der Waals surface area (Å²) in [5.41, 5.74) is 0.478. The first-order valence-corrected chi connectivity index (χ1v) is 9.81. The van der Waals surface area contributed by atoms with E-state index >= 15 is 0 Å². The van der Waals surface area contributed by atoms with Gasteiger partial charge in [-0.25, -0.2) is 0 Å². The van der Waals surface area contributed by atoms with Crippen LogP contribution in [0.3, 0.4) is 0 Å². The molecule has 0 saturated heterocycles. The average molecular weight is 336 g/mol. The number of rotatable bonds is 4. The Hall–Kier alpha value is -1.06. The molecule has 3 aliphatic rings. The quantitative estimate of drug-likeness (QED) is 0.757. The Bertz CT molecular complexity index is 452. The smallest absolute Gasteiger partial charge is 0.303 e. The van der Waals surface area contributed by atoms with Gasteiger partial charge in [0.15, 0.2) is 0 Å². The van der Waals surface area contributed by atoms with Crippen molar-refractivity contribution in [1.29, 1.82) is 0 Å². The van der Waals surface area contributed by atoms with Crippen molar-refractivity contribution in [2.24, 2.45) is 16.2 Å². The van der Waals surface area contributed by atoms with E-state index < -0.39 is 17.4 Å². The van der Waals surface area contributed by atoms with Crippen LogP contribution in [0.15, 0.2) is 0 Å². The van der Waals surface area contributed by atoms with E-state index in [2.05, 4.69) is 0 Å². The van der Waals surface area contributed by atoms with Gasteiger partial charge < -0.3 is 10.2 Å². The third-order valence-electron chi connectivity index (χ3n) is 7.71. The summed E-state index contributed by atoms with van der Waals surface area (Å²) in [6.45, 7) is 0. The molecule has 0 radical (unpaired) electrons. The van der Waals surface area contributed by atoms with E-state index in [0.29, 0.717) is 10.8 Å². The summed E-state index contributed by atoms with van der Waals surface area (Å²) in [5, 5.41) is 18.4. The average Bonchev–Trinajstić information content (AvgIpc) is 2.53. The molecule has 2 N–H and O–H groups in total. The van der Waals surface area contributed by atoms with E-state index in [4.69, 9.17) is 0 Å². The molecule has 0 aromatic heterocycles. The van der Waals surface area contributed by atoms with Crippen molar-refractivity contribution in [2.75, 3.05) is 0 Å². The minimum atomic E-state index is -0.850. The highest BCUT2D eigenvalue weighted by atomic mass is 16.4. The van der Waals surface area contributed by atoms with Gasteiger partial charge in [-0.1, -0.05) is 19.3 Å². The molecule has 2 spiro atoms. The van der Waals surface area contributed by atoms with Crippen molar-refractivity contribution in [3.8, 4) is 0 Å². The van der Waals surface area contributed by atoms with Crippen molar-refractivity contribution < 1.29 is 19.8 Å². The summed E-state index contributed by atoms with van der Waals surface area (Å²) in [4.78, 5) is 22.5. The topological polar surface area (TPSA) is 74.6 Å². The van der Waals surface area contributed by atoms with Crippen molar-refractivity contribution in [3.63, 3.8) is 0 Å². The van der Waals surface area contributed by atoms with Gasteiger partial charge in [0.05, 0.1) is 12.8 Å². The number of aliphatic carboxylic acids is 2. The highest BCUT2D eigenvalue weighted by Gasteiger charge is 2.48. The van der Waals surface area contributed by atoms with Gasteiger partial charge in [-0.2, -0.15) is 0 Å². The van der Waals surface area contributed by atoms with Crippen LogP contribution >= 0.6 is 0 Å². The number of carboxylic acid groups (broad SMARTS) is 2. The Morgan fingerprint density at radius 3 is 1.38 bits per heavy atom. The molecule has 3 aliphatic carbocycles. The molecule has 0 bridgehead atoms. The molecular formula is C20H32O4. The van der Waals surface area contributed by atoms with E-state index in [9.17, 15) is 19.8 Å². The van der Waals surface area contributed by atoms with E-state index in [1.54, 1.807) is 0 Å². The second-order valence-electron chi connectivity index (χ2n) is 9.20. The highest BCUT2D eigenvalue weighted by Crippen LogP contribution is 2.59. The first-order valence-electron chi connectivity index (χ1n) is 9.81. The normalized spacial score (nSPS) is 27.8. The second kappa shape index (κ2) is 6.68. The molecule has 0 aliphatic heterocycles. The molecule has 3 fully saturated rings. The van der Waals surface area contributed by atoms with Crippen molar-refractivity contribution >= 4 is 11.9 Å². The maximum atomic E-state index is 11.2. The van der Waals surface area contributed by atoms with Crippen molar-refractivity contribution in [1.82, 2.24) is 0 Å². The number of hydrogen-bond acceptors (Lipinski definition) is 2. The number of hydrogen-bond donors (Lipinski definition) is 2. The molecular weight excluding hydrogens is 304 g/mol. The van der Waals surface area contributed by atoms with Gasteiger partial charge >= 0.3 is 11.9 Å². The Kier molecular flexibility index (Phi) is 4.94. The Morgan fingerprint density at radius 2 is 0.958 bits per heavy atom. The SMILES string of the molecule is O=C(O)CC1(CC(=O)O)CCC2(CCC3(CCCCC3)CC2)CC1. The molecule has 0 amide bonds. The van der Waals surface area contributed by atoms with Crippen LogP contribution in [0, 0.1) is 16.2 Å². The zero-order valence-corrected chi connectivity index (χ0v) is 14.8. The van der Waals surface area contributed by atoms with Crippen LogP contribution in [-0.2, 0) is 9.59 Å². The summed E-state index contributed by atoms with van der Waals surface area (Å²) in [5.74, 6) is -1.70. The third-order valence-corrected chi connectivity index (χ3v) is 7.71. The van der Waals surface area contributed by atoms with E-state index in [1.807, 2.05) is 0 Å². The van der Waals surface area contributed by atoms with Gasteiger partial charge in [0.1, 0.15) is 0 Å². The third kappa shape index (κ3) is 3.78. The molecule has 3 rings (SSSR count). The lowest BCUT2D eigenvalue weighted by Gasteiger charge is -2.53. The largest absolute Gasteiger partial charge is 0.481 e. The molecule has 0 atom stereocenters. The summed E-state index contributed by atoms with van der Waals surface area (Å²) in [6, 6.07) is 0. The molecule has 4 nitrogen and oxygen atoms in total. The molecule has 24 heavy (non-hydrogen) atoms. The van der Waals surface area contributed by atoms with Gasteiger partial charge in [0, 0.05) is 0 Å². The zero-order chi connectivity index (χ0) is 17.3. The summed E-state index contributed by atoms with van der Waals surface area (Å²) < 4.78 is 0. The predicted molar refractivity (Wildman–Crippen MR) is 91.8 cm³/mol. The van der Waals surface area contributed by atoms with E-state index in [1.165, 1.54) is 57.8 Å². The zero-order valence-electron chi connectivity index (χ0n) is 14.8. The second-order valence-corrected chi connectivity index (χ2v) is 9.20. The van der Waals surface area contributed by atoms with Gasteiger partial charge in [0.25, 0.3) is 0 Å². The standard InChI is InChI=1S/C20H32O4/c21-16(22)14-20(15-17(23)24)12-10-19(11-13-20)8-6-18(7-9-19)4-2-1-3-5-18/h1-15H2,(H,21,22)(H,23,24). The minimum absolute atomic E-state index is 0.0132. The van der Waals surface area contributed by atoms with E-state index in [0.717, 1.165) is 25.7 Å². The van der Waals surface area contributed by atoms with Crippen LogP contribution in [0.2, 0.25) is 0 Å². The monoisotopic (exact) mass is 336 g/mol. The van der Waals surface area contributed by atoms with Gasteiger partial charge in [0.2, 0.25) is 0 Å². The fourth-order valence-electron chi connectivity index (χ4n) is 5.98. The number of carbonyl (C=O) groups is 2. The molecule has 3 saturated carbocycles. The molecule has 0 unspecified atom stereocenters. The summed E-state index contributed by atoms with van der Waals surface area (Å²) in [6.07, 6.45) is 15.9.